The average molecular weight is 317 g/mol. The Balaban J connectivity index is 1.85. The second kappa shape index (κ2) is 5.38. The Morgan fingerprint density at radius 1 is 1.04 bits per heavy atom. The van der Waals surface area contributed by atoms with Crippen molar-refractivity contribution in [2.45, 2.75) is 0 Å². The third kappa shape index (κ3) is 2.27. The molecule has 0 fully saturated rings. The Bertz CT molecular complexity index is 1080. The highest BCUT2D eigenvalue weighted by Gasteiger charge is 2.18. The maximum Gasteiger partial charge on any atom is 0.269 e. The third-order valence-corrected chi connectivity index (χ3v) is 4.02. The van der Waals surface area contributed by atoms with Crippen LogP contribution in [-0.4, -0.2) is 15.7 Å². The molecule has 0 radical (unpaired) electrons. The van der Waals surface area contributed by atoms with E-state index in [-0.39, 0.29) is 5.69 Å². The van der Waals surface area contributed by atoms with Crippen LogP contribution in [0.2, 0.25) is 0 Å². The number of hydrogen-bond acceptors (Lipinski definition) is 3. The summed E-state index contributed by atoms with van der Waals surface area (Å²) in [4.78, 5) is 11.7. The lowest BCUT2D eigenvalue weighted by Gasteiger charge is -2.08. The minimum Gasteiger partial charge on any atom is -0.457 e. The molecule has 1 heterocycles. The standard InChI is InChI=1S/C19H15N3O2/c1-22-15-7-4-8-16(17(15)18(21-22)19(20)23)24-14-10-9-12-5-2-3-6-13(12)11-14/h2-11H,1H3,(H2,20,23). The highest BCUT2D eigenvalue weighted by molar-refractivity contribution is 6.06. The zero-order chi connectivity index (χ0) is 16.7. The number of ether oxygens (including phenoxy) is 1. The van der Waals surface area contributed by atoms with Gasteiger partial charge in [-0.05, 0) is 35.0 Å². The molecule has 1 aromatic heterocycles. The van der Waals surface area contributed by atoms with Gasteiger partial charge in [0.2, 0.25) is 0 Å². The van der Waals surface area contributed by atoms with E-state index < -0.39 is 5.91 Å². The van der Waals surface area contributed by atoms with Crippen LogP contribution >= 0.6 is 0 Å². The zero-order valence-corrected chi connectivity index (χ0v) is 13.1. The molecule has 0 atom stereocenters. The van der Waals surface area contributed by atoms with Gasteiger partial charge in [0.1, 0.15) is 11.5 Å². The molecule has 3 aromatic carbocycles. The van der Waals surface area contributed by atoms with Gasteiger partial charge in [-0.15, -0.1) is 0 Å². The lowest BCUT2D eigenvalue weighted by atomic mass is 10.1. The monoisotopic (exact) mass is 317 g/mol. The summed E-state index contributed by atoms with van der Waals surface area (Å²) < 4.78 is 7.67. The van der Waals surface area contributed by atoms with Crippen LogP contribution in [0.1, 0.15) is 10.5 Å². The number of amides is 1. The van der Waals surface area contributed by atoms with E-state index in [9.17, 15) is 4.79 Å². The normalized spacial score (nSPS) is 11.0. The summed E-state index contributed by atoms with van der Waals surface area (Å²) in [5, 5.41) is 7.06. The number of aryl methyl sites for hydroxylation is 1. The first-order chi connectivity index (χ1) is 11.6. The molecule has 4 rings (SSSR count). The molecule has 5 nitrogen and oxygen atoms in total. The molecule has 0 aliphatic heterocycles. The van der Waals surface area contributed by atoms with Crippen LogP contribution in [0.4, 0.5) is 0 Å². The summed E-state index contributed by atoms with van der Waals surface area (Å²) >= 11 is 0. The number of carbonyl (C=O) groups excluding carboxylic acids is 1. The van der Waals surface area contributed by atoms with E-state index in [2.05, 4.69) is 5.10 Å². The Morgan fingerprint density at radius 2 is 1.83 bits per heavy atom. The molecule has 0 unspecified atom stereocenters. The van der Waals surface area contributed by atoms with Crippen LogP contribution in [0.15, 0.2) is 60.7 Å². The molecule has 5 heteroatoms. The van der Waals surface area contributed by atoms with E-state index in [1.807, 2.05) is 60.7 Å². The lowest BCUT2D eigenvalue weighted by Crippen LogP contribution is -2.12. The summed E-state index contributed by atoms with van der Waals surface area (Å²) in [6.07, 6.45) is 0. The van der Waals surface area contributed by atoms with Crippen molar-refractivity contribution in [1.82, 2.24) is 9.78 Å². The van der Waals surface area contributed by atoms with Gasteiger partial charge in [0.15, 0.2) is 5.69 Å². The minimum atomic E-state index is -0.574. The van der Waals surface area contributed by atoms with Gasteiger partial charge in [0.05, 0.1) is 10.9 Å². The van der Waals surface area contributed by atoms with Crippen LogP contribution in [0.25, 0.3) is 21.7 Å². The molecule has 0 aliphatic rings. The van der Waals surface area contributed by atoms with E-state index in [1.165, 1.54) is 0 Å². The second-order valence-electron chi connectivity index (χ2n) is 5.60. The van der Waals surface area contributed by atoms with Crippen LogP contribution < -0.4 is 10.5 Å². The van der Waals surface area contributed by atoms with Crippen LogP contribution in [0.3, 0.4) is 0 Å². The van der Waals surface area contributed by atoms with Crippen molar-refractivity contribution >= 4 is 27.6 Å². The summed E-state index contributed by atoms with van der Waals surface area (Å²) in [6.45, 7) is 0. The summed E-state index contributed by atoms with van der Waals surface area (Å²) in [7, 11) is 1.77. The molecule has 4 aromatic rings. The van der Waals surface area contributed by atoms with Crippen LogP contribution in [-0.2, 0) is 7.05 Å². The van der Waals surface area contributed by atoms with Crippen molar-refractivity contribution < 1.29 is 9.53 Å². The Hall–Kier alpha value is -3.34. The van der Waals surface area contributed by atoms with Crippen LogP contribution in [0, 0.1) is 0 Å². The topological polar surface area (TPSA) is 70.1 Å². The first-order valence-corrected chi connectivity index (χ1v) is 7.55. The van der Waals surface area contributed by atoms with Gasteiger partial charge in [-0.2, -0.15) is 5.10 Å². The van der Waals surface area contributed by atoms with Gasteiger partial charge in [-0.1, -0.05) is 36.4 Å². The Kier molecular flexibility index (Phi) is 3.20. The number of fused-ring (bicyclic) bond motifs is 2. The van der Waals surface area contributed by atoms with E-state index in [4.69, 9.17) is 10.5 Å². The van der Waals surface area contributed by atoms with E-state index >= 15 is 0 Å². The smallest absolute Gasteiger partial charge is 0.269 e. The number of primary amides is 1. The molecule has 0 spiro atoms. The highest BCUT2D eigenvalue weighted by atomic mass is 16.5. The molecule has 1 amide bonds. The largest absolute Gasteiger partial charge is 0.457 e. The number of rotatable bonds is 3. The highest BCUT2D eigenvalue weighted by Crippen LogP contribution is 2.33. The van der Waals surface area contributed by atoms with Crippen molar-refractivity contribution in [3.05, 3.63) is 66.4 Å². The summed E-state index contributed by atoms with van der Waals surface area (Å²) in [6, 6.07) is 19.5. The molecule has 0 saturated heterocycles. The van der Waals surface area contributed by atoms with Gasteiger partial charge in [-0.3, -0.25) is 9.48 Å². The van der Waals surface area contributed by atoms with Gasteiger partial charge in [0.25, 0.3) is 5.91 Å². The molecule has 24 heavy (non-hydrogen) atoms. The van der Waals surface area contributed by atoms with Gasteiger partial charge >= 0.3 is 0 Å². The van der Waals surface area contributed by atoms with Crippen molar-refractivity contribution in [1.29, 1.82) is 0 Å². The molecule has 2 N–H and O–H groups in total. The van der Waals surface area contributed by atoms with Crippen molar-refractivity contribution in [3.63, 3.8) is 0 Å². The molecule has 118 valence electrons. The van der Waals surface area contributed by atoms with Gasteiger partial charge in [0, 0.05) is 7.05 Å². The molecular weight excluding hydrogens is 302 g/mol. The van der Waals surface area contributed by atoms with Crippen molar-refractivity contribution in [2.24, 2.45) is 12.8 Å². The summed E-state index contributed by atoms with van der Waals surface area (Å²) in [5.41, 5.74) is 6.47. The van der Waals surface area contributed by atoms with E-state index in [1.54, 1.807) is 11.7 Å². The molecular formula is C19H15N3O2. The Morgan fingerprint density at radius 3 is 2.62 bits per heavy atom. The lowest BCUT2D eigenvalue weighted by molar-refractivity contribution is 0.0996. The number of aromatic nitrogens is 2. The second-order valence-corrected chi connectivity index (χ2v) is 5.60. The van der Waals surface area contributed by atoms with E-state index in [0.717, 1.165) is 16.3 Å². The van der Waals surface area contributed by atoms with Crippen molar-refractivity contribution in [3.8, 4) is 11.5 Å². The minimum absolute atomic E-state index is 0.212. The van der Waals surface area contributed by atoms with Gasteiger partial charge < -0.3 is 10.5 Å². The third-order valence-electron chi connectivity index (χ3n) is 4.02. The molecule has 0 bridgehead atoms. The maximum absolute atomic E-state index is 11.7. The first-order valence-electron chi connectivity index (χ1n) is 7.55. The number of benzene rings is 3. The predicted octanol–water partition coefficient (Wildman–Crippen LogP) is 3.62. The fraction of sp³-hybridized carbons (Fsp3) is 0.0526. The van der Waals surface area contributed by atoms with Gasteiger partial charge in [-0.25, -0.2) is 0 Å². The molecule has 0 saturated carbocycles. The molecule has 0 aliphatic carbocycles. The average Bonchev–Trinajstić information content (AvgIpc) is 2.93. The number of carbonyl (C=O) groups is 1. The summed E-state index contributed by atoms with van der Waals surface area (Å²) in [5.74, 6) is 0.681. The fourth-order valence-electron chi connectivity index (χ4n) is 2.90. The maximum atomic E-state index is 11.7. The van der Waals surface area contributed by atoms with Crippen LogP contribution in [0.5, 0.6) is 11.5 Å². The number of hydrogen-bond donors (Lipinski definition) is 1. The Labute approximate surface area is 138 Å². The predicted molar refractivity (Wildman–Crippen MR) is 93.3 cm³/mol. The SMILES string of the molecule is Cn1nc(C(N)=O)c2c(Oc3ccc4ccccc4c3)cccc21. The quantitative estimate of drug-likeness (QED) is 0.627. The number of nitrogens with two attached hydrogens (primary N) is 1. The van der Waals surface area contributed by atoms with Crippen molar-refractivity contribution in [2.75, 3.05) is 0 Å². The fourth-order valence-corrected chi connectivity index (χ4v) is 2.90. The zero-order valence-electron chi connectivity index (χ0n) is 13.1. The van der Waals surface area contributed by atoms with E-state index in [0.29, 0.717) is 16.9 Å². The first kappa shape index (κ1) is 14.3. The number of nitrogens with zero attached hydrogens (tertiary/aromatic N) is 2.